The van der Waals surface area contributed by atoms with Crippen LogP contribution in [0.3, 0.4) is 0 Å². The van der Waals surface area contributed by atoms with Crippen LogP contribution < -0.4 is 0 Å². The van der Waals surface area contributed by atoms with Gasteiger partial charge >= 0.3 is 5.97 Å². The number of rotatable bonds is 5. The van der Waals surface area contributed by atoms with E-state index in [-0.39, 0.29) is 23.7 Å². The summed E-state index contributed by atoms with van der Waals surface area (Å²) in [5, 5.41) is 23.4. The first kappa shape index (κ1) is 17.5. The van der Waals surface area contributed by atoms with Crippen molar-refractivity contribution in [2.45, 2.75) is 20.3 Å². The van der Waals surface area contributed by atoms with Crippen molar-refractivity contribution < 1.29 is 24.3 Å². The van der Waals surface area contributed by atoms with Crippen LogP contribution in [-0.2, 0) is 11.2 Å². The normalized spacial score (nSPS) is 10.7. The highest BCUT2D eigenvalue weighted by Crippen LogP contribution is 2.36. The van der Waals surface area contributed by atoms with Crippen LogP contribution in [0.4, 0.5) is 0 Å². The van der Waals surface area contributed by atoms with Crippen molar-refractivity contribution in [1.82, 2.24) is 5.16 Å². The summed E-state index contributed by atoms with van der Waals surface area (Å²) in [4.78, 5) is 12.3. The number of nitrogens with zero attached hydrogens (tertiary/aromatic N) is 1. The molecule has 0 aliphatic heterocycles. The number of carbonyl (C=O) groups excluding carboxylic acids is 1. The van der Waals surface area contributed by atoms with E-state index in [1.54, 1.807) is 37.3 Å². The van der Waals surface area contributed by atoms with Crippen molar-refractivity contribution in [2.24, 2.45) is 0 Å². The Kier molecular flexibility index (Phi) is 4.93. The number of aromatic hydroxyl groups is 2. The Morgan fingerprint density at radius 2 is 1.77 bits per heavy atom. The average Bonchev–Trinajstić information content (AvgIpc) is 3.06. The number of phenolic OH excluding ortho intramolecular Hbond substituents is 2. The first-order valence-corrected chi connectivity index (χ1v) is 8.33. The van der Waals surface area contributed by atoms with Crippen LogP contribution in [-0.4, -0.2) is 27.9 Å². The van der Waals surface area contributed by atoms with Gasteiger partial charge in [0.25, 0.3) is 0 Å². The Bertz CT molecular complexity index is 928. The molecule has 3 rings (SSSR count). The number of benzene rings is 2. The van der Waals surface area contributed by atoms with E-state index in [0.29, 0.717) is 23.4 Å². The summed E-state index contributed by atoms with van der Waals surface area (Å²) in [5.41, 5.74) is 2.99. The topological polar surface area (TPSA) is 92.8 Å². The Balaban J connectivity index is 2.14. The molecular formula is C20H19NO5. The van der Waals surface area contributed by atoms with Gasteiger partial charge in [-0.25, -0.2) is 4.79 Å². The molecule has 0 unspecified atom stereocenters. The highest BCUT2D eigenvalue weighted by Gasteiger charge is 2.23. The number of aromatic nitrogens is 1. The smallest absolute Gasteiger partial charge is 0.339 e. The van der Waals surface area contributed by atoms with Crippen molar-refractivity contribution in [1.29, 1.82) is 0 Å². The molecule has 6 heteroatoms. The molecule has 0 atom stereocenters. The van der Waals surface area contributed by atoms with Crippen LogP contribution in [0.1, 0.15) is 29.8 Å². The standard InChI is InChI=1S/C20H19NO5/c1-3-15-18(12-5-7-13(22)8-6-12)21-26-19(15)16-10-9-14(23)11-17(16)20(24)25-4-2/h5-11,22-23H,3-4H2,1-2H3. The molecule has 0 amide bonds. The lowest BCUT2D eigenvalue weighted by molar-refractivity contribution is 0.0526. The molecule has 0 spiro atoms. The molecule has 3 aromatic rings. The third-order valence-corrected chi connectivity index (χ3v) is 4.03. The van der Waals surface area contributed by atoms with E-state index in [2.05, 4.69) is 5.16 Å². The van der Waals surface area contributed by atoms with Gasteiger partial charge in [0.05, 0.1) is 12.2 Å². The summed E-state index contributed by atoms with van der Waals surface area (Å²) in [5.74, 6) is 0.0495. The van der Waals surface area contributed by atoms with Crippen LogP contribution in [0.2, 0.25) is 0 Å². The first-order chi connectivity index (χ1) is 12.5. The molecule has 0 bridgehead atoms. The molecule has 0 radical (unpaired) electrons. The molecule has 2 N–H and O–H groups in total. The third-order valence-electron chi connectivity index (χ3n) is 4.03. The van der Waals surface area contributed by atoms with Crippen molar-refractivity contribution in [2.75, 3.05) is 6.61 Å². The molecular weight excluding hydrogens is 334 g/mol. The number of phenols is 2. The second-order valence-electron chi connectivity index (χ2n) is 5.69. The van der Waals surface area contributed by atoms with Gasteiger partial charge in [0.2, 0.25) is 0 Å². The molecule has 134 valence electrons. The zero-order valence-electron chi connectivity index (χ0n) is 14.5. The van der Waals surface area contributed by atoms with E-state index in [4.69, 9.17) is 9.26 Å². The SMILES string of the molecule is CCOC(=O)c1cc(O)ccc1-c1onc(-c2ccc(O)cc2)c1CC. The van der Waals surface area contributed by atoms with Gasteiger partial charge in [0.15, 0.2) is 5.76 Å². The summed E-state index contributed by atoms with van der Waals surface area (Å²) in [6, 6.07) is 11.1. The van der Waals surface area contributed by atoms with E-state index >= 15 is 0 Å². The predicted molar refractivity (Wildman–Crippen MR) is 96.0 cm³/mol. The maximum Gasteiger partial charge on any atom is 0.339 e. The lowest BCUT2D eigenvalue weighted by atomic mass is 9.97. The molecule has 26 heavy (non-hydrogen) atoms. The van der Waals surface area contributed by atoms with Crippen molar-refractivity contribution in [3.63, 3.8) is 0 Å². The number of carbonyl (C=O) groups is 1. The Morgan fingerprint density at radius 1 is 1.08 bits per heavy atom. The minimum atomic E-state index is -0.539. The van der Waals surface area contributed by atoms with E-state index in [1.165, 1.54) is 12.1 Å². The van der Waals surface area contributed by atoms with Gasteiger partial charge in [0, 0.05) is 16.7 Å². The molecule has 2 aromatic carbocycles. The zero-order chi connectivity index (χ0) is 18.7. The quantitative estimate of drug-likeness (QED) is 0.669. The molecule has 6 nitrogen and oxygen atoms in total. The zero-order valence-corrected chi connectivity index (χ0v) is 14.5. The Labute approximate surface area is 150 Å². The maximum absolute atomic E-state index is 12.3. The molecule has 0 saturated heterocycles. The lowest BCUT2D eigenvalue weighted by Crippen LogP contribution is -2.06. The van der Waals surface area contributed by atoms with Gasteiger partial charge in [-0.15, -0.1) is 0 Å². The van der Waals surface area contributed by atoms with Gasteiger partial charge in [0.1, 0.15) is 17.2 Å². The molecule has 0 aliphatic carbocycles. The second-order valence-corrected chi connectivity index (χ2v) is 5.69. The molecule has 1 heterocycles. The van der Waals surface area contributed by atoms with Crippen molar-refractivity contribution in [3.8, 4) is 34.1 Å². The summed E-state index contributed by atoms with van der Waals surface area (Å²) in [7, 11) is 0. The van der Waals surface area contributed by atoms with Crippen LogP contribution in [0.25, 0.3) is 22.6 Å². The Morgan fingerprint density at radius 3 is 2.42 bits per heavy atom. The predicted octanol–water partition coefficient (Wildman–Crippen LogP) is 4.16. The maximum atomic E-state index is 12.3. The largest absolute Gasteiger partial charge is 0.508 e. The molecule has 0 fully saturated rings. The number of hydrogen-bond donors (Lipinski definition) is 2. The van der Waals surface area contributed by atoms with Gasteiger partial charge in [-0.3, -0.25) is 0 Å². The number of hydrogen-bond acceptors (Lipinski definition) is 6. The van der Waals surface area contributed by atoms with Crippen LogP contribution in [0.15, 0.2) is 47.0 Å². The average molecular weight is 353 g/mol. The monoisotopic (exact) mass is 353 g/mol. The van der Waals surface area contributed by atoms with E-state index in [9.17, 15) is 15.0 Å². The summed E-state index contributed by atoms with van der Waals surface area (Å²) < 4.78 is 10.6. The molecule has 1 aromatic heterocycles. The van der Waals surface area contributed by atoms with Crippen LogP contribution >= 0.6 is 0 Å². The van der Waals surface area contributed by atoms with Crippen molar-refractivity contribution in [3.05, 3.63) is 53.6 Å². The second kappa shape index (κ2) is 7.31. The minimum absolute atomic E-state index is 0.0341. The number of esters is 1. The summed E-state index contributed by atoms with van der Waals surface area (Å²) in [6.45, 7) is 3.91. The van der Waals surface area contributed by atoms with E-state index in [0.717, 1.165) is 11.1 Å². The summed E-state index contributed by atoms with van der Waals surface area (Å²) in [6.07, 6.45) is 0.623. The number of ether oxygens (including phenoxy) is 1. The van der Waals surface area contributed by atoms with Gasteiger partial charge < -0.3 is 19.5 Å². The van der Waals surface area contributed by atoms with Gasteiger partial charge in [-0.1, -0.05) is 12.1 Å². The van der Waals surface area contributed by atoms with Crippen LogP contribution in [0, 0.1) is 0 Å². The molecule has 0 saturated carbocycles. The van der Waals surface area contributed by atoms with E-state index < -0.39 is 5.97 Å². The highest BCUT2D eigenvalue weighted by atomic mass is 16.5. The van der Waals surface area contributed by atoms with Crippen LogP contribution in [0.5, 0.6) is 11.5 Å². The first-order valence-electron chi connectivity index (χ1n) is 8.33. The van der Waals surface area contributed by atoms with Gasteiger partial charge in [-0.05, 0) is 55.8 Å². The fourth-order valence-corrected chi connectivity index (χ4v) is 2.80. The summed E-state index contributed by atoms with van der Waals surface area (Å²) >= 11 is 0. The van der Waals surface area contributed by atoms with Crippen molar-refractivity contribution >= 4 is 5.97 Å². The third kappa shape index (κ3) is 3.26. The fourth-order valence-electron chi connectivity index (χ4n) is 2.80. The highest BCUT2D eigenvalue weighted by molar-refractivity contribution is 5.97. The van der Waals surface area contributed by atoms with E-state index in [1.807, 2.05) is 6.92 Å². The molecule has 0 aliphatic rings. The minimum Gasteiger partial charge on any atom is -0.508 e. The Hall–Kier alpha value is -3.28. The lowest BCUT2D eigenvalue weighted by Gasteiger charge is -2.08. The van der Waals surface area contributed by atoms with Gasteiger partial charge in [-0.2, -0.15) is 0 Å². The fraction of sp³-hybridized carbons (Fsp3) is 0.200.